The molecule has 1 N–H and O–H groups in total. The molecule has 2 aromatic rings. The zero-order valence-corrected chi connectivity index (χ0v) is 11.4. The van der Waals surface area contributed by atoms with Gasteiger partial charge in [0.25, 0.3) is 5.56 Å². The van der Waals surface area contributed by atoms with E-state index < -0.39 is 5.97 Å². The van der Waals surface area contributed by atoms with E-state index in [1.165, 1.54) is 16.0 Å². The average Bonchev–Trinajstić information content (AvgIpc) is 2.74. The SMILES string of the molecule is CN(C)n1c(SCC(=O)O)nc2ccsc2c1=O. The Morgan fingerprint density at radius 1 is 1.61 bits per heavy atom. The highest BCUT2D eigenvalue weighted by Gasteiger charge is 2.14. The van der Waals surface area contributed by atoms with E-state index in [2.05, 4.69) is 4.98 Å². The van der Waals surface area contributed by atoms with Crippen molar-refractivity contribution >= 4 is 39.3 Å². The predicted octanol–water partition coefficient (Wildman–Crippen LogP) is 0.832. The van der Waals surface area contributed by atoms with Gasteiger partial charge < -0.3 is 10.1 Å². The van der Waals surface area contributed by atoms with E-state index in [4.69, 9.17) is 5.11 Å². The first kappa shape index (κ1) is 12.9. The van der Waals surface area contributed by atoms with E-state index in [9.17, 15) is 9.59 Å². The number of hydrogen-bond acceptors (Lipinski definition) is 6. The molecule has 0 spiro atoms. The largest absolute Gasteiger partial charge is 0.481 e. The molecule has 96 valence electrons. The van der Waals surface area contributed by atoms with Crippen LogP contribution in [-0.4, -0.2) is 40.6 Å². The minimum absolute atomic E-state index is 0.129. The van der Waals surface area contributed by atoms with Gasteiger partial charge in [0.15, 0.2) is 5.16 Å². The Bertz CT molecular complexity index is 647. The third-order valence-electron chi connectivity index (χ3n) is 2.15. The van der Waals surface area contributed by atoms with Crippen LogP contribution in [0.25, 0.3) is 10.2 Å². The zero-order valence-electron chi connectivity index (χ0n) is 9.78. The van der Waals surface area contributed by atoms with Crippen molar-refractivity contribution in [3.8, 4) is 0 Å². The highest BCUT2D eigenvalue weighted by molar-refractivity contribution is 7.99. The van der Waals surface area contributed by atoms with Gasteiger partial charge in [-0.25, -0.2) is 4.98 Å². The topological polar surface area (TPSA) is 75.4 Å². The Kier molecular flexibility index (Phi) is 3.58. The van der Waals surface area contributed by atoms with E-state index in [0.29, 0.717) is 15.4 Å². The summed E-state index contributed by atoms with van der Waals surface area (Å²) in [5.41, 5.74) is 0.434. The molecule has 0 radical (unpaired) electrons. The van der Waals surface area contributed by atoms with Crippen LogP contribution in [0.15, 0.2) is 21.4 Å². The first-order chi connectivity index (χ1) is 8.50. The van der Waals surface area contributed by atoms with Crippen LogP contribution >= 0.6 is 23.1 Å². The van der Waals surface area contributed by atoms with E-state index in [-0.39, 0.29) is 11.3 Å². The highest BCUT2D eigenvalue weighted by Crippen LogP contribution is 2.20. The smallest absolute Gasteiger partial charge is 0.313 e. The Hall–Kier alpha value is -1.54. The lowest BCUT2D eigenvalue weighted by Gasteiger charge is -2.18. The number of nitrogens with zero attached hydrogens (tertiary/aromatic N) is 3. The predicted molar refractivity (Wildman–Crippen MR) is 72.3 cm³/mol. The lowest BCUT2D eigenvalue weighted by molar-refractivity contribution is -0.133. The second-order valence-corrected chi connectivity index (χ2v) is 5.53. The molecule has 18 heavy (non-hydrogen) atoms. The normalized spacial score (nSPS) is 10.8. The van der Waals surface area contributed by atoms with Gasteiger partial charge in [0.05, 0.1) is 11.3 Å². The van der Waals surface area contributed by atoms with E-state index in [1.807, 2.05) is 0 Å². The molecule has 0 unspecified atom stereocenters. The molecule has 0 atom stereocenters. The maximum Gasteiger partial charge on any atom is 0.313 e. The number of fused-ring (bicyclic) bond motifs is 1. The number of carboxylic acid groups (broad SMARTS) is 1. The fourth-order valence-electron chi connectivity index (χ4n) is 1.46. The molecule has 8 heteroatoms. The van der Waals surface area contributed by atoms with E-state index in [0.717, 1.165) is 11.8 Å². The molecule has 0 bridgehead atoms. The molecular weight excluding hydrogens is 274 g/mol. The van der Waals surface area contributed by atoms with Gasteiger partial charge in [-0.2, -0.15) is 4.68 Å². The van der Waals surface area contributed by atoms with Crippen LogP contribution < -0.4 is 10.6 Å². The van der Waals surface area contributed by atoms with Crippen LogP contribution in [0, 0.1) is 0 Å². The van der Waals surface area contributed by atoms with E-state index in [1.54, 1.807) is 30.6 Å². The Morgan fingerprint density at radius 3 is 2.94 bits per heavy atom. The van der Waals surface area contributed by atoms with Gasteiger partial charge in [0.1, 0.15) is 4.70 Å². The van der Waals surface area contributed by atoms with Crippen molar-refractivity contribution in [2.24, 2.45) is 0 Å². The standard InChI is InChI=1S/C10H11N3O3S2/c1-12(2)13-9(16)8-6(3-4-17-8)11-10(13)18-5-7(14)15/h3-4H,5H2,1-2H3,(H,14,15). The molecule has 2 aromatic heterocycles. The van der Waals surface area contributed by atoms with Gasteiger partial charge in [-0.15, -0.1) is 11.3 Å². The van der Waals surface area contributed by atoms with Crippen LogP contribution in [0.4, 0.5) is 0 Å². The lowest BCUT2D eigenvalue weighted by Crippen LogP contribution is -2.37. The van der Waals surface area contributed by atoms with Gasteiger partial charge in [-0.05, 0) is 11.4 Å². The lowest BCUT2D eigenvalue weighted by atomic mass is 10.5. The van der Waals surface area contributed by atoms with Crippen molar-refractivity contribution < 1.29 is 9.90 Å². The quantitative estimate of drug-likeness (QED) is 0.662. The minimum atomic E-state index is -0.940. The number of hydrogen-bond donors (Lipinski definition) is 1. The first-order valence-electron chi connectivity index (χ1n) is 5.03. The van der Waals surface area contributed by atoms with Crippen LogP contribution in [0.2, 0.25) is 0 Å². The first-order valence-corrected chi connectivity index (χ1v) is 6.89. The molecule has 0 aliphatic carbocycles. The van der Waals surface area contributed by atoms with Crippen molar-refractivity contribution in [3.05, 3.63) is 21.8 Å². The van der Waals surface area contributed by atoms with Crippen molar-refractivity contribution in [2.45, 2.75) is 5.16 Å². The van der Waals surface area contributed by atoms with Crippen LogP contribution in [0.5, 0.6) is 0 Å². The molecule has 2 rings (SSSR count). The molecule has 0 fully saturated rings. The van der Waals surface area contributed by atoms with Gasteiger partial charge in [-0.1, -0.05) is 11.8 Å². The minimum Gasteiger partial charge on any atom is -0.481 e. The maximum absolute atomic E-state index is 12.2. The number of thioether (sulfide) groups is 1. The summed E-state index contributed by atoms with van der Waals surface area (Å²) < 4.78 is 1.95. The summed E-state index contributed by atoms with van der Waals surface area (Å²) >= 11 is 2.36. The number of aliphatic carboxylic acids is 1. The molecular formula is C10H11N3O3S2. The van der Waals surface area contributed by atoms with Crippen molar-refractivity contribution in [3.63, 3.8) is 0 Å². The second kappa shape index (κ2) is 4.99. The second-order valence-electron chi connectivity index (χ2n) is 3.68. The molecule has 6 nitrogen and oxygen atoms in total. The fraction of sp³-hybridized carbons (Fsp3) is 0.300. The molecule has 0 saturated heterocycles. The Morgan fingerprint density at radius 2 is 2.33 bits per heavy atom. The number of thiophene rings is 1. The monoisotopic (exact) mass is 285 g/mol. The summed E-state index contributed by atoms with van der Waals surface area (Å²) in [6.45, 7) is 0. The van der Waals surface area contributed by atoms with Gasteiger partial charge in [0.2, 0.25) is 0 Å². The number of carbonyl (C=O) groups is 1. The summed E-state index contributed by atoms with van der Waals surface area (Å²) in [5, 5.41) is 12.5. The third kappa shape index (κ3) is 2.34. The average molecular weight is 285 g/mol. The summed E-state index contributed by atoms with van der Waals surface area (Å²) in [4.78, 5) is 27.2. The third-order valence-corrected chi connectivity index (χ3v) is 3.96. The Balaban J connectivity index is 2.58. The Labute approximate surface area is 111 Å². The number of carboxylic acids is 1. The van der Waals surface area contributed by atoms with E-state index >= 15 is 0 Å². The summed E-state index contributed by atoms with van der Waals surface area (Å²) in [7, 11) is 3.43. The molecule has 0 aromatic carbocycles. The zero-order chi connectivity index (χ0) is 13.3. The van der Waals surface area contributed by atoms with Crippen LogP contribution in [-0.2, 0) is 4.79 Å². The summed E-state index contributed by atoms with van der Waals surface area (Å²) in [6.07, 6.45) is 0. The van der Waals surface area contributed by atoms with Crippen LogP contribution in [0.3, 0.4) is 0 Å². The fourth-order valence-corrected chi connectivity index (χ4v) is 3.00. The van der Waals surface area contributed by atoms with Crippen molar-refractivity contribution in [1.29, 1.82) is 0 Å². The summed E-state index contributed by atoms with van der Waals surface area (Å²) in [5.74, 6) is -1.07. The van der Waals surface area contributed by atoms with Crippen LogP contribution in [0.1, 0.15) is 0 Å². The molecule has 0 saturated carbocycles. The van der Waals surface area contributed by atoms with Crippen molar-refractivity contribution in [2.75, 3.05) is 24.9 Å². The maximum atomic E-state index is 12.2. The number of aromatic nitrogens is 2. The van der Waals surface area contributed by atoms with Gasteiger partial charge in [0, 0.05) is 14.1 Å². The number of rotatable bonds is 4. The summed E-state index contributed by atoms with van der Waals surface area (Å²) in [6, 6.07) is 1.76. The van der Waals surface area contributed by atoms with Gasteiger partial charge in [-0.3, -0.25) is 9.59 Å². The van der Waals surface area contributed by atoms with Crippen molar-refractivity contribution in [1.82, 2.24) is 9.66 Å². The molecule has 0 aliphatic heterocycles. The molecule has 0 amide bonds. The highest BCUT2D eigenvalue weighted by atomic mass is 32.2. The van der Waals surface area contributed by atoms with Gasteiger partial charge >= 0.3 is 5.97 Å². The molecule has 2 heterocycles. The molecule has 0 aliphatic rings.